The van der Waals surface area contributed by atoms with Gasteiger partial charge in [-0.2, -0.15) is 26.3 Å². The first-order valence-electron chi connectivity index (χ1n) is 4.64. The molecule has 0 saturated heterocycles. The summed E-state index contributed by atoms with van der Waals surface area (Å²) in [5.41, 5.74) is -2.71. The molecule has 0 aliphatic heterocycles. The van der Waals surface area contributed by atoms with Crippen LogP contribution in [0.4, 0.5) is 26.3 Å². The highest BCUT2D eigenvalue weighted by Crippen LogP contribution is 2.37. The maximum atomic E-state index is 12.4. The zero-order valence-corrected chi connectivity index (χ0v) is 8.78. The molecule has 6 heteroatoms. The number of hydrogen-bond donors (Lipinski definition) is 0. The Morgan fingerprint density at radius 1 is 0.882 bits per heavy atom. The van der Waals surface area contributed by atoms with Gasteiger partial charge in [-0.3, -0.25) is 0 Å². The second-order valence-electron chi connectivity index (χ2n) is 3.74. The minimum atomic E-state index is -4.80. The Bertz CT molecular complexity index is 367. The van der Waals surface area contributed by atoms with Gasteiger partial charge in [-0.15, -0.1) is 0 Å². The molecule has 0 N–H and O–H groups in total. The van der Waals surface area contributed by atoms with Crippen LogP contribution >= 0.6 is 0 Å². The average molecular weight is 255 g/mol. The summed E-state index contributed by atoms with van der Waals surface area (Å²) >= 11 is 0. The Morgan fingerprint density at radius 2 is 1.24 bits per heavy atom. The van der Waals surface area contributed by atoms with Crippen molar-refractivity contribution >= 4 is 0 Å². The second kappa shape index (κ2) is 4.23. The van der Waals surface area contributed by atoms with Crippen molar-refractivity contribution in [1.29, 1.82) is 0 Å². The van der Waals surface area contributed by atoms with Crippen molar-refractivity contribution in [3.8, 4) is 0 Å². The molecule has 0 spiro atoms. The first-order chi connectivity index (χ1) is 7.51. The maximum Gasteiger partial charge on any atom is 0.416 e. The van der Waals surface area contributed by atoms with Crippen LogP contribution in [0.15, 0.2) is 18.2 Å². The SMILES string of the molecule is [CH2][C@H](C)c1cc(C(F)(F)F)cc(C(F)(F)F)c1. The molecular formula is C11H9F6. The van der Waals surface area contributed by atoms with E-state index in [4.69, 9.17) is 0 Å². The lowest BCUT2D eigenvalue weighted by molar-refractivity contribution is -0.143. The minimum absolute atomic E-state index is 0.0906. The Labute approximate surface area is 94.2 Å². The summed E-state index contributed by atoms with van der Waals surface area (Å²) in [6.45, 7) is 4.85. The number of alkyl halides is 6. The van der Waals surface area contributed by atoms with Gasteiger partial charge in [0.2, 0.25) is 0 Å². The highest BCUT2D eigenvalue weighted by molar-refractivity contribution is 5.35. The third-order valence-electron chi connectivity index (χ3n) is 2.18. The molecule has 1 aromatic carbocycles. The van der Waals surface area contributed by atoms with Crippen LogP contribution in [0.5, 0.6) is 0 Å². The fourth-order valence-corrected chi connectivity index (χ4v) is 1.26. The van der Waals surface area contributed by atoms with E-state index < -0.39 is 29.4 Å². The van der Waals surface area contributed by atoms with Gasteiger partial charge in [0.25, 0.3) is 0 Å². The first-order valence-corrected chi connectivity index (χ1v) is 4.64. The predicted molar refractivity (Wildman–Crippen MR) is 50.2 cm³/mol. The van der Waals surface area contributed by atoms with Crippen LogP contribution in [0.1, 0.15) is 29.5 Å². The molecule has 0 bridgehead atoms. The Hall–Kier alpha value is -1.20. The van der Waals surface area contributed by atoms with Crippen LogP contribution in [0.3, 0.4) is 0 Å². The quantitative estimate of drug-likeness (QED) is 0.640. The van der Waals surface area contributed by atoms with Crippen molar-refractivity contribution < 1.29 is 26.3 Å². The molecule has 0 unspecified atom stereocenters. The molecule has 1 aromatic rings. The minimum Gasteiger partial charge on any atom is -0.166 e. The topological polar surface area (TPSA) is 0 Å². The average Bonchev–Trinajstić information content (AvgIpc) is 2.14. The van der Waals surface area contributed by atoms with Crippen molar-refractivity contribution in [1.82, 2.24) is 0 Å². The van der Waals surface area contributed by atoms with Crippen LogP contribution in [-0.4, -0.2) is 0 Å². The monoisotopic (exact) mass is 255 g/mol. The Morgan fingerprint density at radius 3 is 1.47 bits per heavy atom. The zero-order chi connectivity index (χ0) is 13.4. The smallest absolute Gasteiger partial charge is 0.166 e. The van der Waals surface area contributed by atoms with Crippen LogP contribution in [0.2, 0.25) is 0 Å². The Balaban J connectivity index is 3.40. The lowest BCUT2D eigenvalue weighted by Crippen LogP contribution is -2.12. The molecule has 0 nitrogen and oxygen atoms in total. The van der Waals surface area contributed by atoms with Crippen LogP contribution in [-0.2, 0) is 12.4 Å². The molecule has 95 valence electrons. The molecule has 0 amide bonds. The number of hydrogen-bond acceptors (Lipinski definition) is 0. The van der Waals surface area contributed by atoms with Crippen molar-refractivity contribution in [2.75, 3.05) is 0 Å². The van der Waals surface area contributed by atoms with Crippen molar-refractivity contribution in [2.24, 2.45) is 0 Å². The van der Waals surface area contributed by atoms with E-state index in [-0.39, 0.29) is 11.6 Å². The van der Waals surface area contributed by atoms with Gasteiger partial charge >= 0.3 is 12.4 Å². The predicted octanol–water partition coefficient (Wildman–Crippen LogP) is 4.66. The van der Waals surface area contributed by atoms with E-state index in [0.29, 0.717) is 12.1 Å². The highest BCUT2D eigenvalue weighted by atomic mass is 19.4. The number of halogens is 6. The number of benzene rings is 1. The molecule has 17 heavy (non-hydrogen) atoms. The van der Waals surface area contributed by atoms with E-state index in [1.807, 2.05) is 0 Å². The van der Waals surface area contributed by atoms with Crippen LogP contribution < -0.4 is 0 Å². The van der Waals surface area contributed by atoms with Gasteiger partial charge in [-0.25, -0.2) is 0 Å². The van der Waals surface area contributed by atoms with Crippen molar-refractivity contribution in [2.45, 2.75) is 25.2 Å². The maximum absolute atomic E-state index is 12.4. The molecule has 0 saturated carbocycles. The third kappa shape index (κ3) is 3.38. The van der Waals surface area contributed by atoms with Crippen molar-refractivity contribution in [3.63, 3.8) is 0 Å². The lowest BCUT2D eigenvalue weighted by Gasteiger charge is -2.15. The molecule has 0 heterocycles. The molecular weight excluding hydrogens is 246 g/mol. The van der Waals surface area contributed by atoms with E-state index in [0.717, 1.165) is 0 Å². The van der Waals surface area contributed by atoms with Crippen LogP contribution in [0.25, 0.3) is 0 Å². The van der Waals surface area contributed by atoms with Crippen LogP contribution in [0, 0.1) is 6.92 Å². The molecule has 0 aromatic heterocycles. The van der Waals surface area contributed by atoms with E-state index in [2.05, 4.69) is 6.92 Å². The summed E-state index contributed by atoms with van der Waals surface area (Å²) in [5, 5.41) is 0. The van der Waals surface area contributed by atoms with Gasteiger partial charge in [0.1, 0.15) is 0 Å². The third-order valence-corrected chi connectivity index (χ3v) is 2.18. The molecule has 0 aliphatic carbocycles. The van der Waals surface area contributed by atoms with Gasteiger partial charge in [0.15, 0.2) is 0 Å². The van der Waals surface area contributed by atoms with E-state index in [1.54, 1.807) is 0 Å². The summed E-state index contributed by atoms with van der Waals surface area (Å²) in [6, 6.07) is 1.48. The van der Waals surface area contributed by atoms with Gasteiger partial charge in [0, 0.05) is 0 Å². The normalized spacial score (nSPS) is 13.2. The van der Waals surface area contributed by atoms with Gasteiger partial charge in [0.05, 0.1) is 11.1 Å². The molecule has 0 fully saturated rings. The molecule has 1 radical (unpaired) electrons. The Kier molecular flexibility index (Phi) is 3.45. The summed E-state index contributed by atoms with van der Waals surface area (Å²) in [7, 11) is 0. The fraction of sp³-hybridized carbons (Fsp3) is 0.364. The number of rotatable bonds is 1. The summed E-state index contributed by atoms with van der Waals surface area (Å²) in [6.07, 6.45) is -9.60. The standard InChI is InChI=1S/C11H9F6/c1-6(2)7-3-8(10(12,13)14)5-9(4-7)11(15,16)17/h3-6H,1H2,2H3/t6-/m1/s1. The van der Waals surface area contributed by atoms with Gasteiger partial charge in [-0.05, 0) is 36.6 Å². The molecule has 1 rings (SSSR count). The highest BCUT2D eigenvalue weighted by Gasteiger charge is 2.36. The van der Waals surface area contributed by atoms with Crippen molar-refractivity contribution in [3.05, 3.63) is 41.8 Å². The van der Waals surface area contributed by atoms with E-state index in [9.17, 15) is 26.3 Å². The largest absolute Gasteiger partial charge is 0.416 e. The lowest BCUT2D eigenvalue weighted by atomic mass is 9.97. The van der Waals surface area contributed by atoms with E-state index >= 15 is 0 Å². The summed E-state index contributed by atoms with van der Waals surface area (Å²) < 4.78 is 74.5. The molecule has 0 aliphatic rings. The summed E-state index contributed by atoms with van der Waals surface area (Å²) in [5.74, 6) is -0.654. The zero-order valence-electron chi connectivity index (χ0n) is 8.78. The fourth-order valence-electron chi connectivity index (χ4n) is 1.26. The van der Waals surface area contributed by atoms with Gasteiger partial charge in [-0.1, -0.05) is 6.92 Å². The summed E-state index contributed by atoms with van der Waals surface area (Å²) in [4.78, 5) is 0. The first kappa shape index (κ1) is 13.9. The van der Waals surface area contributed by atoms with Gasteiger partial charge < -0.3 is 0 Å². The second-order valence-corrected chi connectivity index (χ2v) is 3.74. The van der Waals surface area contributed by atoms with E-state index in [1.165, 1.54) is 6.92 Å². The molecule has 1 atom stereocenters.